The van der Waals surface area contributed by atoms with Crippen molar-refractivity contribution in [2.24, 2.45) is 0 Å². The molecule has 0 radical (unpaired) electrons. The lowest BCUT2D eigenvalue weighted by Gasteiger charge is -2.30. The van der Waals surface area contributed by atoms with Crippen molar-refractivity contribution >= 4 is 13.7 Å². The van der Waals surface area contributed by atoms with Gasteiger partial charge in [-0.3, -0.25) is 9.36 Å². The van der Waals surface area contributed by atoms with Gasteiger partial charge in [0.1, 0.15) is 13.2 Å². The highest BCUT2D eigenvalue weighted by Gasteiger charge is 2.24. The molecular weight excluding hydrogens is 1090 g/mol. The van der Waals surface area contributed by atoms with E-state index in [1.54, 1.807) is 0 Å². The number of nitrogens with one attached hydrogen (secondary N) is 1. The summed E-state index contributed by atoms with van der Waals surface area (Å²) in [6, 6.07) is -0.820. The Morgan fingerprint density at radius 3 is 1.02 bits per heavy atom. The summed E-state index contributed by atoms with van der Waals surface area (Å²) in [5.41, 5.74) is 0. The summed E-state index contributed by atoms with van der Waals surface area (Å²) in [5, 5.41) is 14.1. The largest absolute Gasteiger partial charge is 0.756 e. The number of hydrogen-bond acceptors (Lipinski definition) is 6. The van der Waals surface area contributed by atoms with E-state index in [4.69, 9.17) is 9.05 Å². The highest BCUT2D eigenvalue weighted by atomic mass is 31.2. The topological polar surface area (TPSA) is 108 Å². The van der Waals surface area contributed by atoms with Crippen molar-refractivity contribution < 1.29 is 32.9 Å². The van der Waals surface area contributed by atoms with Gasteiger partial charge in [-0.2, -0.15) is 0 Å². The summed E-state index contributed by atoms with van der Waals surface area (Å²) in [7, 11) is 1.29. The van der Waals surface area contributed by atoms with Crippen LogP contribution in [0.3, 0.4) is 0 Å². The second-order valence-corrected chi connectivity index (χ2v) is 27.0. The van der Waals surface area contributed by atoms with E-state index in [2.05, 4.69) is 141 Å². The number of phosphoric ester groups is 1. The van der Waals surface area contributed by atoms with Crippen LogP contribution < -0.4 is 10.2 Å². The van der Waals surface area contributed by atoms with Crippen LogP contribution >= 0.6 is 7.82 Å². The van der Waals surface area contributed by atoms with Crippen molar-refractivity contribution in [3.8, 4) is 0 Å². The SMILES string of the molecule is CC/C=C\C/C=C\C/C=C\C/C=C\C/C=C\C/C=C\C/C=C\C/C=C\C/C=C\C/C=C\CCCCCCCCC(=O)NC(COP(=O)([O-])OCC[N+](C)(C)C)C(O)CCCCCCCCCCCCCCCCCCCCCCCCCCCCCC. The highest BCUT2D eigenvalue weighted by molar-refractivity contribution is 7.45. The molecule has 8 nitrogen and oxygen atoms in total. The van der Waals surface area contributed by atoms with Crippen LogP contribution in [0.25, 0.3) is 0 Å². The normalized spacial score (nSPS) is 14.3. The van der Waals surface area contributed by atoms with Gasteiger partial charge in [0, 0.05) is 6.42 Å². The fourth-order valence-electron chi connectivity index (χ4n) is 10.4. The highest BCUT2D eigenvalue weighted by Crippen LogP contribution is 2.38. The first kappa shape index (κ1) is 83.9. The van der Waals surface area contributed by atoms with Crippen molar-refractivity contribution in [3.05, 3.63) is 122 Å². The summed E-state index contributed by atoms with van der Waals surface area (Å²) in [6.07, 6.45) is 99.9. The molecule has 2 N–H and O–H groups in total. The van der Waals surface area contributed by atoms with E-state index in [9.17, 15) is 19.4 Å². The zero-order valence-electron chi connectivity index (χ0n) is 57.4. The molecule has 0 aromatic carbocycles. The van der Waals surface area contributed by atoms with Gasteiger partial charge in [-0.15, -0.1) is 0 Å². The lowest BCUT2D eigenvalue weighted by atomic mass is 10.0. The molecule has 87 heavy (non-hydrogen) atoms. The molecule has 502 valence electrons. The Morgan fingerprint density at radius 1 is 0.414 bits per heavy atom. The standard InChI is InChI=1S/C78H139N2O6P/c1-6-8-10-12-14-16-18-20-22-24-26-28-30-32-34-36-37-38-39-40-41-42-43-44-46-48-50-52-54-56-58-60-62-64-66-68-70-72-78(82)79-76(75-86-87(83,84)85-74-73-80(3,4)5)77(81)71-69-67-65-63-61-59-57-55-53-51-49-47-45-35-33-31-29-27-25-23-21-19-17-15-13-11-9-7-2/h8,10,14,16,20,22,26,28,32,34,37-38,40-41,43-44,48,50,54,56,76-77,81H,6-7,9,11-13,15,17-19,21,23-25,27,29-31,33,35-36,39,42,45-47,49,51-53,55,57-75H2,1-5H3,(H-,79,82,83,84)/b10-8-,16-14-,22-20-,28-26-,34-32-,38-37-,41-40-,44-43-,50-48-,56-54-. The molecule has 0 aliphatic carbocycles. The van der Waals surface area contributed by atoms with Crippen LogP contribution in [0.1, 0.15) is 316 Å². The van der Waals surface area contributed by atoms with Crippen LogP contribution in [0, 0.1) is 0 Å². The Balaban J connectivity index is 4.12. The molecule has 3 atom stereocenters. The number of likely N-dealkylation sites (N-methyl/N-ethyl adjacent to an activating group) is 1. The number of aliphatic hydroxyl groups excluding tert-OH is 1. The molecule has 9 heteroatoms. The van der Waals surface area contributed by atoms with Crippen molar-refractivity contribution in [1.82, 2.24) is 5.32 Å². The maximum absolute atomic E-state index is 13.1. The van der Waals surface area contributed by atoms with Crippen molar-refractivity contribution in [3.63, 3.8) is 0 Å². The quantitative estimate of drug-likeness (QED) is 0.0272. The Bertz CT molecular complexity index is 1840. The number of amides is 1. The number of rotatable bonds is 66. The van der Waals surface area contributed by atoms with E-state index in [-0.39, 0.29) is 19.1 Å². The van der Waals surface area contributed by atoms with Gasteiger partial charge in [-0.05, 0) is 89.9 Å². The minimum absolute atomic E-state index is 0.00358. The third kappa shape index (κ3) is 70.2. The van der Waals surface area contributed by atoms with E-state index < -0.39 is 20.0 Å². The summed E-state index contributed by atoms with van der Waals surface area (Å²) in [4.78, 5) is 25.7. The number of aliphatic hydroxyl groups is 1. The van der Waals surface area contributed by atoms with Crippen LogP contribution in [0.5, 0.6) is 0 Å². The molecule has 0 aromatic rings. The van der Waals surface area contributed by atoms with Gasteiger partial charge in [0.15, 0.2) is 0 Å². The molecule has 0 fully saturated rings. The maximum atomic E-state index is 13.1. The molecule has 0 spiro atoms. The van der Waals surface area contributed by atoms with E-state index in [0.717, 1.165) is 116 Å². The van der Waals surface area contributed by atoms with Crippen LogP contribution in [0.15, 0.2) is 122 Å². The number of allylic oxidation sites excluding steroid dienone is 20. The van der Waals surface area contributed by atoms with Crippen LogP contribution in [-0.4, -0.2) is 68.5 Å². The molecule has 0 saturated heterocycles. The van der Waals surface area contributed by atoms with Gasteiger partial charge in [0.05, 0.1) is 39.9 Å². The third-order valence-electron chi connectivity index (χ3n) is 16.0. The Morgan fingerprint density at radius 2 is 0.701 bits per heavy atom. The average molecular weight is 1230 g/mol. The molecule has 3 unspecified atom stereocenters. The summed E-state index contributed by atoms with van der Waals surface area (Å²) in [5.74, 6) is -0.180. The zero-order valence-corrected chi connectivity index (χ0v) is 58.3. The van der Waals surface area contributed by atoms with Gasteiger partial charge >= 0.3 is 0 Å². The Kier molecular flexibility index (Phi) is 64.9. The third-order valence-corrected chi connectivity index (χ3v) is 16.9. The molecule has 0 bridgehead atoms. The van der Waals surface area contributed by atoms with E-state index in [0.29, 0.717) is 23.9 Å². The number of carbonyl (C=O) groups is 1. The second-order valence-electron chi connectivity index (χ2n) is 25.6. The molecule has 0 aliphatic heterocycles. The van der Waals surface area contributed by atoms with Crippen molar-refractivity contribution in [1.29, 1.82) is 0 Å². The predicted octanol–water partition coefficient (Wildman–Crippen LogP) is 23.0. The minimum Gasteiger partial charge on any atom is -0.756 e. The van der Waals surface area contributed by atoms with Crippen molar-refractivity contribution in [2.45, 2.75) is 328 Å². The monoisotopic (exact) mass is 1230 g/mol. The first-order valence-electron chi connectivity index (χ1n) is 36.4. The lowest BCUT2D eigenvalue weighted by Crippen LogP contribution is -2.46. The number of carbonyl (C=O) groups excluding carboxylic acids is 1. The lowest BCUT2D eigenvalue weighted by molar-refractivity contribution is -0.870. The molecule has 0 heterocycles. The van der Waals surface area contributed by atoms with Gasteiger partial charge < -0.3 is 28.8 Å². The number of nitrogens with zero attached hydrogens (tertiary/aromatic N) is 1. The summed E-state index contributed by atoms with van der Waals surface area (Å²) < 4.78 is 23.5. The summed E-state index contributed by atoms with van der Waals surface area (Å²) >= 11 is 0. The van der Waals surface area contributed by atoms with Gasteiger partial charge in [0.25, 0.3) is 7.82 Å². The number of hydrogen-bond donors (Lipinski definition) is 2. The van der Waals surface area contributed by atoms with E-state index in [1.807, 2.05) is 21.1 Å². The molecule has 0 rings (SSSR count). The van der Waals surface area contributed by atoms with Crippen LogP contribution in [0.2, 0.25) is 0 Å². The van der Waals surface area contributed by atoms with Crippen molar-refractivity contribution in [2.75, 3.05) is 40.9 Å². The first-order valence-corrected chi connectivity index (χ1v) is 37.8. The number of unbranched alkanes of at least 4 members (excludes halogenated alkanes) is 33. The van der Waals surface area contributed by atoms with E-state index >= 15 is 0 Å². The predicted molar refractivity (Wildman–Crippen MR) is 380 cm³/mol. The fraction of sp³-hybridized carbons (Fsp3) is 0.731. The zero-order chi connectivity index (χ0) is 63.4. The van der Waals surface area contributed by atoms with Crippen LogP contribution in [-0.2, 0) is 18.4 Å². The number of quaternary nitrogens is 1. The van der Waals surface area contributed by atoms with Gasteiger partial charge in [-0.1, -0.05) is 341 Å². The number of phosphoric acid groups is 1. The Labute approximate surface area is 539 Å². The molecule has 0 aliphatic rings. The smallest absolute Gasteiger partial charge is 0.268 e. The molecule has 0 saturated carbocycles. The molecule has 1 amide bonds. The molecule has 0 aromatic heterocycles. The van der Waals surface area contributed by atoms with Crippen LogP contribution in [0.4, 0.5) is 0 Å². The van der Waals surface area contributed by atoms with E-state index in [1.165, 1.54) is 173 Å². The Hall–Kier alpha value is -3.10. The fourth-order valence-corrected chi connectivity index (χ4v) is 11.1. The summed E-state index contributed by atoms with van der Waals surface area (Å²) in [6.45, 7) is 4.62. The first-order chi connectivity index (χ1) is 42.5. The minimum atomic E-state index is -4.59. The molecular formula is C78H139N2O6P. The maximum Gasteiger partial charge on any atom is 0.268 e. The van der Waals surface area contributed by atoms with Gasteiger partial charge in [-0.25, -0.2) is 0 Å². The average Bonchev–Trinajstić information content (AvgIpc) is 3.70. The van der Waals surface area contributed by atoms with Gasteiger partial charge in [0.2, 0.25) is 5.91 Å². The second kappa shape index (κ2) is 67.3.